The molecule has 0 spiro atoms. The Hall–Kier alpha value is -3.67. The lowest BCUT2D eigenvalue weighted by atomic mass is 10.1. The smallest absolute Gasteiger partial charge is 0.282 e. The maximum atomic E-state index is 14.0. The number of anilines is 1. The second-order valence-corrected chi connectivity index (χ2v) is 8.53. The first-order valence-corrected chi connectivity index (χ1v) is 10.3. The summed E-state index contributed by atoms with van der Waals surface area (Å²) < 4.78 is 37.3. The van der Waals surface area contributed by atoms with Crippen molar-refractivity contribution in [3.05, 3.63) is 63.5 Å². The number of nitrogens with zero attached hydrogens (tertiary/aromatic N) is 2. The number of imide groups is 1. The molecule has 1 heterocycles. The van der Waals surface area contributed by atoms with Gasteiger partial charge >= 0.3 is 0 Å². The van der Waals surface area contributed by atoms with E-state index < -0.39 is 61.3 Å². The molecule has 2 aromatic rings. The van der Waals surface area contributed by atoms with Crippen LogP contribution in [0, 0.1) is 15.9 Å². The molecule has 2 aromatic carbocycles. The second-order valence-electron chi connectivity index (χ2n) is 6.52. The van der Waals surface area contributed by atoms with Gasteiger partial charge in [-0.2, -0.15) is 0 Å². The first-order chi connectivity index (χ1) is 13.9. The molecule has 1 N–H and O–H groups in total. The number of nitrogens with one attached hydrogen (secondary N) is 1. The third-order valence-electron chi connectivity index (χ3n) is 4.51. The number of carbonyl (C=O) groups excluding carboxylic acids is 3. The molecule has 0 bridgehead atoms. The summed E-state index contributed by atoms with van der Waals surface area (Å²) in [7, 11) is -3.68. The normalized spacial score (nSPS) is 14.4. The van der Waals surface area contributed by atoms with Gasteiger partial charge in [0.05, 0.1) is 21.1 Å². The number of sulfone groups is 1. The molecular formula is C18H14FN3O7S. The lowest BCUT2D eigenvalue weighted by Crippen LogP contribution is -2.45. The Balaban J connectivity index is 1.91. The van der Waals surface area contributed by atoms with Crippen molar-refractivity contribution in [1.82, 2.24) is 4.90 Å². The van der Waals surface area contributed by atoms with Crippen molar-refractivity contribution in [2.45, 2.75) is 17.9 Å². The summed E-state index contributed by atoms with van der Waals surface area (Å²) in [6.07, 6.45) is 0.903. The van der Waals surface area contributed by atoms with Crippen molar-refractivity contribution in [3.8, 4) is 0 Å². The third-order valence-corrected chi connectivity index (χ3v) is 5.62. The van der Waals surface area contributed by atoms with Crippen LogP contribution in [0.3, 0.4) is 0 Å². The largest absolute Gasteiger partial charge is 0.322 e. The number of hydrogen-bond donors (Lipinski definition) is 1. The topological polar surface area (TPSA) is 144 Å². The minimum absolute atomic E-state index is 0.223. The number of amides is 3. The zero-order chi connectivity index (χ0) is 22.4. The minimum Gasteiger partial charge on any atom is -0.322 e. The maximum Gasteiger partial charge on any atom is 0.282 e. The van der Waals surface area contributed by atoms with Crippen LogP contribution in [-0.2, 0) is 14.6 Å². The van der Waals surface area contributed by atoms with E-state index in [1.54, 1.807) is 0 Å². The number of hydrogen-bond acceptors (Lipinski definition) is 7. The number of benzene rings is 2. The van der Waals surface area contributed by atoms with Crippen molar-refractivity contribution < 1.29 is 32.1 Å². The van der Waals surface area contributed by atoms with E-state index in [0.717, 1.165) is 30.5 Å². The molecule has 0 saturated heterocycles. The summed E-state index contributed by atoms with van der Waals surface area (Å²) in [5.74, 6) is -3.86. The van der Waals surface area contributed by atoms with E-state index >= 15 is 0 Å². The summed E-state index contributed by atoms with van der Waals surface area (Å²) in [5.41, 5.74) is -1.69. The minimum atomic E-state index is -3.68. The van der Waals surface area contributed by atoms with Crippen LogP contribution in [0.4, 0.5) is 15.8 Å². The summed E-state index contributed by atoms with van der Waals surface area (Å²) >= 11 is 0. The Labute approximate surface area is 169 Å². The molecule has 0 radical (unpaired) electrons. The zero-order valence-electron chi connectivity index (χ0n) is 15.6. The van der Waals surface area contributed by atoms with Crippen LogP contribution in [0.25, 0.3) is 0 Å². The fourth-order valence-corrected chi connectivity index (χ4v) is 3.62. The molecule has 0 saturated carbocycles. The van der Waals surface area contributed by atoms with E-state index in [2.05, 4.69) is 5.32 Å². The van der Waals surface area contributed by atoms with Crippen LogP contribution >= 0.6 is 0 Å². The highest BCUT2D eigenvalue weighted by Crippen LogP contribution is 2.32. The summed E-state index contributed by atoms with van der Waals surface area (Å²) in [6, 6.07) is 4.84. The van der Waals surface area contributed by atoms with E-state index in [0.29, 0.717) is 4.90 Å². The highest BCUT2D eigenvalue weighted by atomic mass is 32.2. The van der Waals surface area contributed by atoms with Crippen molar-refractivity contribution in [2.24, 2.45) is 0 Å². The van der Waals surface area contributed by atoms with Gasteiger partial charge in [-0.1, -0.05) is 6.07 Å². The summed E-state index contributed by atoms with van der Waals surface area (Å²) in [6.45, 7) is 1.18. The predicted molar refractivity (Wildman–Crippen MR) is 101 cm³/mol. The maximum absolute atomic E-state index is 14.0. The van der Waals surface area contributed by atoms with Gasteiger partial charge < -0.3 is 5.32 Å². The van der Waals surface area contributed by atoms with Crippen molar-refractivity contribution in [1.29, 1.82) is 0 Å². The molecule has 0 aliphatic carbocycles. The van der Waals surface area contributed by atoms with Gasteiger partial charge in [-0.3, -0.25) is 29.4 Å². The Bertz CT molecular complexity index is 1230. The monoisotopic (exact) mass is 435 g/mol. The summed E-state index contributed by atoms with van der Waals surface area (Å²) in [5, 5.41) is 13.3. The molecule has 0 fully saturated rings. The van der Waals surface area contributed by atoms with Crippen molar-refractivity contribution in [2.75, 3.05) is 11.6 Å². The van der Waals surface area contributed by atoms with Crippen molar-refractivity contribution >= 4 is 38.9 Å². The average molecular weight is 435 g/mol. The fraction of sp³-hybridized carbons (Fsp3) is 0.167. The van der Waals surface area contributed by atoms with Crippen LogP contribution < -0.4 is 5.32 Å². The lowest BCUT2D eigenvalue weighted by molar-refractivity contribution is -0.385. The molecule has 12 heteroatoms. The van der Waals surface area contributed by atoms with Crippen molar-refractivity contribution in [3.63, 3.8) is 0 Å². The van der Waals surface area contributed by atoms with E-state index in [4.69, 9.17) is 0 Å². The Morgan fingerprint density at radius 2 is 1.87 bits per heavy atom. The van der Waals surface area contributed by atoms with Gasteiger partial charge in [-0.25, -0.2) is 12.8 Å². The molecule has 30 heavy (non-hydrogen) atoms. The van der Waals surface area contributed by atoms with E-state index in [-0.39, 0.29) is 10.5 Å². The Morgan fingerprint density at radius 1 is 1.20 bits per heavy atom. The van der Waals surface area contributed by atoms with Crippen LogP contribution in [0.5, 0.6) is 0 Å². The van der Waals surface area contributed by atoms with Gasteiger partial charge in [0.25, 0.3) is 17.5 Å². The first kappa shape index (κ1) is 21.0. The lowest BCUT2D eigenvalue weighted by Gasteiger charge is -2.21. The molecule has 156 valence electrons. The van der Waals surface area contributed by atoms with E-state index in [1.807, 2.05) is 0 Å². The molecule has 0 unspecified atom stereocenters. The number of nitro groups is 1. The Morgan fingerprint density at radius 3 is 2.47 bits per heavy atom. The first-order valence-electron chi connectivity index (χ1n) is 8.39. The van der Waals surface area contributed by atoms with Crippen LogP contribution in [0.1, 0.15) is 27.6 Å². The van der Waals surface area contributed by atoms with Gasteiger partial charge in [0, 0.05) is 12.3 Å². The standard InChI is InChI=1S/C18H14FN3O7S/c1-9(16(23)20-13-8-10(30(2,28)29)6-7-12(13)19)21-17(24)11-4-3-5-14(22(26)27)15(11)18(21)25/h3-9H,1-2H3,(H,20,23)/t9-/m0/s1. The van der Waals surface area contributed by atoms with Crippen LogP contribution in [0.2, 0.25) is 0 Å². The molecule has 1 atom stereocenters. The van der Waals surface area contributed by atoms with Gasteiger partial charge in [0.2, 0.25) is 5.91 Å². The van der Waals surface area contributed by atoms with Gasteiger partial charge in [0.15, 0.2) is 9.84 Å². The van der Waals surface area contributed by atoms with E-state index in [9.17, 15) is 37.3 Å². The number of carbonyl (C=O) groups is 3. The molecule has 1 aliphatic heterocycles. The van der Waals surface area contributed by atoms with Crippen LogP contribution in [0.15, 0.2) is 41.3 Å². The molecule has 1 aliphatic rings. The summed E-state index contributed by atoms with van der Waals surface area (Å²) in [4.78, 5) is 48.4. The molecule has 10 nitrogen and oxygen atoms in total. The number of rotatable bonds is 5. The molecular weight excluding hydrogens is 421 g/mol. The highest BCUT2D eigenvalue weighted by Gasteiger charge is 2.44. The molecule has 0 aromatic heterocycles. The number of nitro benzene ring substituents is 1. The average Bonchev–Trinajstić information content (AvgIpc) is 2.92. The van der Waals surface area contributed by atoms with Crippen LogP contribution in [-0.4, -0.2) is 48.3 Å². The van der Waals surface area contributed by atoms with E-state index in [1.165, 1.54) is 19.1 Å². The number of halogens is 1. The van der Waals surface area contributed by atoms with Gasteiger partial charge in [-0.05, 0) is 31.2 Å². The third kappa shape index (κ3) is 3.52. The number of fused-ring (bicyclic) bond motifs is 1. The predicted octanol–water partition coefficient (Wildman–Crippen LogP) is 1.76. The quantitative estimate of drug-likeness (QED) is 0.326. The molecule has 3 amide bonds. The zero-order valence-corrected chi connectivity index (χ0v) is 16.4. The highest BCUT2D eigenvalue weighted by molar-refractivity contribution is 7.90. The second kappa shape index (κ2) is 7.30. The SMILES string of the molecule is C[C@@H](C(=O)Nc1cc(S(C)(=O)=O)ccc1F)N1C(=O)c2cccc([N+](=O)[O-])c2C1=O. The fourth-order valence-electron chi connectivity index (χ4n) is 2.97. The van der Waals surface area contributed by atoms with Gasteiger partial charge in [0.1, 0.15) is 17.4 Å². The van der Waals surface area contributed by atoms with Gasteiger partial charge in [-0.15, -0.1) is 0 Å². The molecule has 3 rings (SSSR count). The Kier molecular flexibility index (Phi) is 5.12.